The summed E-state index contributed by atoms with van der Waals surface area (Å²) in [5.74, 6) is -0.129. The summed E-state index contributed by atoms with van der Waals surface area (Å²) in [6, 6.07) is 19.0. The largest absolute Gasteiger partial charge is 0.351 e. The van der Waals surface area contributed by atoms with Crippen LogP contribution in [0.1, 0.15) is 36.7 Å². The van der Waals surface area contributed by atoms with Gasteiger partial charge in [-0.2, -0.15) is 5.10 Å². The molecule has 0 radical (unpaired) electrons. The summed E-state index contributed by atoms with van der Waals surface area (Å²) in [4.78, 5) is 12.7. The van der Waals surface area contributed by atoms with Crippen LogP contribution >= 0.6 is 11.6 Å². The Morgan fingerprint density at radius 2 is 1.81 bits per heavy atom. The lowest BCUT2D eigenvalue weighted by molar-refractivity contribution is 0.0945. The van der Waals surface area contributed by atoms with E-state index in [9.17, 15) is 4.79 Å². The zero-order valence-electron chi connectivity index (χ0n) is 14.8. The highest BCUT2D eigenvalue weighted by molar-refractivity contribution is 6.33. The Labute approximate surface area is 158 Å². The van der Waals surface area contributed by atoms with Gasteiger partial charge in [-0.25, -0.2) is 4.68 Å². The zero-order chi connectivity index (χ0) is 18.4. The summed E-state index contributed by atoms with van der Waals surface area (Å²) in [5.41, 5.74) is 2.83. The normalized spacial score (nSPS) is 10.7. The van der Waals surface area contributed by atoms with E-state index in [2.05, 4.69) is 17.3 Å². The quantitative estimate of drug-likeness (QED) is 0.589. The average Bonchev–Trinajstić information content (AvgIpc) is 3.11. The summed E-state index contributed by atoms with van der Waals surface area (Å²) in [6.45, 7) is 2.80. The summed E-state index contributed by atoms with van der Waals surface area (Å²) >= 11 is 6.31. The van der Waals surface area contributed by atoms with Crippen LogP contribution in [-0.2, 0) is 0 Å². The van der Waals surface area contributed by atoms with Crippen LogP contribution in [-0.4, -0.2) is 22.2 Å². The van der Waals surface area contributed by atoms with Crippen molar-refractivity contribution in [2.24, 2.45) is 0 Å². The van der Waals surface area contributed by atoms with Gasteiger partial charge in [0.25, 0.3) is 5.91 Å². The fraction of sp³-hybridized carbons (Fsp3) is 0.238. The predicted molar refractivity (Wildman–Crippen MR) is 106 cm³/mol. The van der Waals surface area contributed by atoms with Crippen molar-refractivity contribution >= 4 is 17.5 Å². The maximum atomic E-state index is 12.7. The van der Waals surface area contributed by atoms with Crippen molar-refractivity contribution in [2.45, 2.75) is 26.2 Å². The molecule has 2 aromatic carbocycles. The number of benzene rings is 2. The number of carbonyl (C=O) groups is 1. The first-order chi connectivity index (χ1) is 12.7. The first-order valence-corrected chi connectivity index (χ1v) is 9.27. The highest BCUT2D eigenvalue weighted by Gasteiger charge is 2.18. The molecule has 134 valence electrons. The van der Waals surface area contributed by atoms with Gasteiger partial charge in [-0.05, 0) is 30.7 Å². The van der Waals surface area contributed by atoms with Crippen molar-refractivity contribution in [1.29, 1.82) is 0 Å². The summed E-state index contributed by atoms with van der Waals surface area (Å²) < 4.78 is 1.67. The highest BCUT2D eigenvalue weighted by atomic mass is 35.5. The molecule has 1 N–H and O–H groups in total. The topological polar surface area (TPSA) is 46.9 Å². The zero-order valence-corrected chi connectivity index (χ0v) is 15.5. The maximum absolute atomic E-state index is 12.7. The van der Waals surface area contributed by atoms with Crippen LogP contribution in [0.4, 0.5) is 0 Å². The van der Waals surface area contributed by atoms with Gasteiger partial charge in [0.1, 0.15) is 5.69 Å². The van der Waals surface area contributed by atoms with E-state index in [-0.39, 0.29) is 5.91 Å². The molecule has 1 aromatic heterocycles. The molecule has 1 heterocycles. The van der Waals surface area contributed by atoms with Crippen molar-refractivity contribution in [3.8, 4) is 16.9 Å². The molecule has 0 spiro atoms. The Kier molecular flexibility index (Phi) is 6.08. The van der Waals surface area contributed by atoms with Crippen LogP contribution in [0.5, 0.6) is 0 Å². The molecular weight excluding hydrogens is 346 g/mol. The summed E-state index contributed by atoms with van der Waals surface area (Å²) in [6.07, 6.45) is 3.19. The van der Waals surface area contributed by atoms with E-state index in [1.54, 1.807) is 10.7 Å². The van der Waals surface area contributed by atoms with Gasteiger partial charge >= 0.3 is 0 Å². The second kappa shape index (κ2) is 8.68. The third-order valence-corrected chi connectivity index (χ3v) is 4.49. The minimum Gasteiger partial charge on any atom is -0.351 e. The van der Waals surface area contributed by atoms with Crippen LogP contribution < -0.4 is 5.32 Å². The molecule has 1 amide bonds. The molecule has 0 fully saturated rings. The second-order valence-electron chi connectivity index (χ2n) is 6.11. The van der Waals surface area contributed by atoms with Crippen molar-refractivity contribution in [3.05, 3.63) is 71.4 Å². The predicted octanol–water partition coefficient (Wildman–Crippen LogP) is 5.11. The standard InChI is InChI=1S/C21H22ClN3O/c1-2-3-9-14-23-21(26)20-15-19(17-12-7-8-13-18(17)22)24-25(20)16-10-5-4-6-11-16/h4-8,10-13,15H,2-3,9,14H2,1H3,(H,23,26). The molecule has 0 aliphatic rings. The lowest BCUT2D eigenvalue weighted by Gasteiger charge is -2.08. The van der Waals surface area contributed by atoms with E-state index in [0.29, 0.717) is 23.0 Å². The maximum Gasteiger partial charge on any atom is 0.270 e. The van der Waals surface area contributed by atoms with E-state index in [1.165, 1.54) is 0 Å². The second-order valence-corrected chi connectivity index (χ2v) is 6.51. The van der Waals surface area contributed by atoms with Gasteiger partial charge in [-0.15, -0.1) is 0 Å². The van der Waals surface area contributed by atoms with Crippen molar-refractivity contribution in [2.75, 3.05) is 6.54 Å². The van der Waals surface area contributed by atoms with Gasteiger partial charge in [0.2, 0.25) is 0 Å². The number of aromatic nitrogens is 2. The van der Waals surface area contributed by atoms with E-state index < -0.39 is 0 Å². The van der Waals surface area contributed by atoms with E-state index >= 15 is 0 Å². The number of unbranched alkanes of at least 4 members (excludes halogenated alkanes) is 2. The molecule has 26 heavy (non-hydrogen) atoms. The van der Waals surface area contributed by atoms with Crippen LogP contribution in [0, 0.1) is 0 Å². The highest BCUT2D eigenvalue weighted by Crippen LogP contribution is 2.28. The fourth-order valence-electron chi connectivity index (χ4n) is 2.78. The Hall–Kier alpha value is -2.59. The number of hydrogen-bond donors (Lipinski definition) is 1. The number of amides is 1. The molecule has 0 saturated heterocycles. The minimum atomic E-state index is -0.129. The Bertz CT molecular complexity index is 874. The monoisotopic (exact) mass is 367 g/mol. The molecule has 0 atom stereocenters. The molecule has 0 saturated carbocycles. The van der Waals surface area contributed by atoms with E-state index in [0.717, 1.165) is 30.5 Å². The van der Waals surface area contributed by atoms with Crippen LogP contribution in [0.15, 0.2) is 60.7 Å². The van der Waals surface area contributed by atoms with Crippen LogP contribution in [0.25, 0.3) is 16.9 Å². The SMILES string of the molecule is CCCCCNC(=O)c1cc(-c2ccccc2Cl)nn1-c1ccccc1. The van der Waals surface area contributed by atoms with Crippen LogP contribution in [0.2, 0.25) is 5.02 Å². The Balaban J connectivity index is 1.96. The number of carbonyl (C=O) groups excluding carboxylic acids is 1. The molecule has 0 bridgehead atoms. The number of halogens is 1. The lowest BCUT2D eigenvalue weighted by atomic mass is 10.1. The molecule has 4 nitrogen and oxygen atoms in total. The minimum absolute atomic E-state index is 0.129. The first-order valence-electron chi connectivity index (χ1n) is 8.89. The molecule has 0 aliphatic carbocycles. The van der Waals surface area contributed by atoms with Gasteiger partial charge < -0.3 is 5.32 Å². The Morgan fingerprint density at radius 3 is 2.54 bits per heavy atom. The van der Waals surface area contributed by atoms with Crippen molar-refractivity contribution in [1.82, 2.24) is 15.1 Å². The van der Waals surface area contributed by atoms with Gasteiger partial charge in [-0.3, -0.25) is 4.79 Å². The number of nitrogens with one attached hydrogen (secondary N) is 1. The van der Waals surface area contributed by atoms with Crippen molar-refractivity contribution < 1.29 is 4.79 Å². The molecular formula is C21H22ClN3O. The van der Waals surface area contributed by atoms with Gasteiger partial charge in [0.15, 0.2) is 0 Å². The number of nitrogens with zero attached hydrogens (tertiary/aromatic N) is 2. The smallest absolute Gasteiger partial charge is 0.270 e. The molecule has 3 rings (SSSR count). The van der Waals surface area contributed by atoms with Gasteiger partial charge in [-0.1, -0.05) is 67.8 Å². The first kappa shape index (κ1) is 18.2. The lowest BCUT2D eigenvalue weighted by Crippen LogP contribution is -2.26. The van der Waals surface area contributed by atoms with Crippen molar-refractivity contribution in [3.63, 3.8) is 0 Å². The van der Waals surface area contributed by atoms with E-state index in [1.807, 2.05) is 54.6 Å². The summed E-state index contributed by atoms with van der Waals surface area (Å²) in [7, 11) is 0. The fourth-order valence-corrected chi connectivity index (χ4v) is 3.01. The summed E-state index contributed by atoms with van der Waals surface area (Å²) in [5, 5.41) is 8.25. The molecule has 0 unspecified atom stereocenters. The van der Waals surface area contributed by atoms with Crippen LogP contribution in [0.3, 0.4) is 0 Å². The average molecular weight is 368 g/mol. The Morgan fingerprint density at radius 1 is 1.08 bits per heavy atom. The molecule has 5 heteroatoms. The number of hydrogen-bond acceptors (Lipinski definition) is 2. The third-order valence-electron chi connectivity index (χ3n) is 4.16. The molecule has 0 aliphatic heterocycles. The van der Waals surface area contributed by atoms with E-state index in [4.69, 9.17) is 11.6 Å². The number of para-hydroxylation sites is 1. The third kappa shape index (κ3) is 4.14. The van der Waals surface area contributed by atoms with Gasteiger partial charge in [0.05, 0.1) is 16.4 Å². The van der Waals surface area contributed by atoms with Gasteiger partial charge in [0, 0.05) is 12.1 Å². The molecule has 3 aromatic rings. The number of rotatable bonds is 7.